The van der Waals surface area contributed by atoms with Crippen LogP contribution in [0.5, 0.6) is 0 Å². The van der Waals surface area contributed by atoms with Crippen LogP contribution in [0.15, 0.2) is 0 Å². The lowest BCUT2D eigenvalue weighted by molar-refractivity contribution is -0.139. The minimum Gasteiger partial charge on any atom is -0.308 e. The van der Waals surface area contributed by atoms with Gasteiger partial charge >= 0.3 is 0 Å². The number of nitrogens with zero attached hydrogens (tertiary/aromatic N) is 2. The van der Waals surface area contributed by atoms with E-state index in [1.54, 1.807) is 6.92 Å². The summed E-state index contributed by atoms with van der Waals surface area (Å²) in [4.78, 5) is 25.7. The van der Waals surface area contributed by atoms with Crippen LogP contribution in [0, 0.1) is 11.8 Å². The molecular weight excluding hydrogens is 242 g/mol. The Morgan fingerprint density at radius 1 is 1.16 bits per heavy atom. The lowest BCUT2D eigenvalue weighted by Gasteiger charge is -2.33. The summed E-state index contributed by atoms with van der Waals surface area (Å²) in [5.74, 6) is 6.16. The average Bonchev–Trinajstić information content (AvgIpc) is 2.35. The molecule has 1 fully saturated rings. The van der Waals surface area contributed by atoms with Gasteiger partial charge in [-0.25, -0.2) is 5.84 Å². The number of likely N-dealkylation sites (N-methyl/N-ethyl adjacent to an activating group) is 1. The van der Waals surface area contributed by atoms with Crippen molar-refractivity contribution in [3.05, 3.63) is 0 Å². The molecule has 2 atom stereocenters. The van der Waals surface area contributed by atoms with Gasteiger partial charge in [-0.05, 0) is 39.8 Å². The largest absolute Gasteiger partial charge is 0.308 e. The molecule has 1 amide bonds. The van der Waals surface area contributed by atoms with Crippen LogP contribution in [0.25, 0.3) is 0 Å². The fourth-order valence-corrected chi connectivity index (χ4v) is 2.78. The van der Waals surface area contributed by atoms with Crippen molar-refractivity contribution in [3.63, 3.8) is 0 Å². The van der Waals surface area contributed by atoms with Crippen molar-refractivity contribution in [2.24, 2.45) is 17.7 Å². The van der Waals surface area contributed by atoms with Gasteiger partial charge < -0.3 is 9.69 Å². The normalized spacial score (nSPS) is 23.4. The summed E-state index contributed by atoms with van der Waals surface area (Å²) in [6.07, 6.45) is 4.53. The van der Waals surface area contributed by atoms with E-state index in [0.717, 1.165) is 32.2 Å². The molecule has 0 aliphatic heterocycles. The number of carbonyl (C=O) groups is 2. The molecule has 1 rings (SSSR count). The Hall–Kier alpha value is -0.940. The van der Waals surface area contributed by atoms with Gasteiger partial charge in [-0.3, -0.25) is 9.80 Å². The first-order valence-electron chi connectivity index (χ1n) is 7.12. The van der Waals surface area contributed by atoms with Gasteiger partial charge in [0.2, 0.25) is 5.91 Å². The number of hydrogen-bond acceptors (Lipinski definition) is 4. The van der Waals surface area contributed by atoms with Crippen LogP contribution < -0.4 is 5.84 Å². The molecule has 1 aliphatic carbocycles. The van der Waals surface area contributed by atoms with Crippen LogP contribution in [0.4, 0.5) is 0 Å². The Balaban J connectivity index is 2.58. The molecule has 19 heavy (non-hydrogen) atoms. The molecular formula is C14H27N3O2. The third kappa shape index (κ3) is 5.28. The Bertz CT molecular complexity index is 318. The maximum atomic E-state index is 12.4. The second-order valence-corrected chi connectivity index (χ2v) is 5.89. The SMILES string of the molecule is CC(=O)C[C@H]1CCCC[C@H]1C(=O)N(N)CCN(C)C. The van der Waals surface area contributed by atoms with Crippen LogP contribution in [0.3, 0.4) is 0 Å². The third-order valence-corrected chi connectivity index (χ3v) is 3.85. The van der Waals surface area contributed by atoms with Gasteiger partial charge in [-0.15, -0.1) is 0 Å². The van der Waals surface area contributed by atoms with E-state index in [9.17, 15) is 9.59 Å². The second kappa shape index (κ2) is 7.60. The highest BCUT2D eigenvalue weighted by atomic mass is 16.2. The van der Waals surface area contributed by atoms with Crippen LogP contribution in [0.2, 0.25) is 0 Å². The molecule has 5 nitrogen and oxygen atoms in total. The monoisotopic (exact) mass is 269 g/mol. The van der Waals surface area contributed by atoms with Crippen molar-refractivity contribution in [1.82, 2.24) is 9.91 Å². The number of Topliss-reactive ketones (excluding diaryl/α,β-unsaturated/α-hetero) is 1. The van der Waals surface area contributed by atoms with E-state index in [1.807, 2.05) is 19.0 Å². The van der Waals surface area contributed by atoms with Gasteiger partial charge in [0.05, 0.1) is 0 Å². The summed E-state index contributed by atoms with van der Waals surface area (Å²) < 4.78 is 0. The summed E-state index contributed by atoms with van der Waals surface area (Å²) >= 11 is 0. The molecule has 110 valence electrons. The molecule has 0 aromatic rings. The highest BCUT2D eigenvalue weighted by Crippen LogP contribution is 2.33. The van der Waals surface area contributed by atoms with Gasteiger partial charge in [0.1, 0.15) is 5.78 Å². The van der Waals surface area contributed by atoms with E-state index in [1.165, 1.54) is 5.01 Å². The van der Waals surface area contributed by atoms with E-state index in [2.05, 4.69) is 0 Å². The number of amides is 1. The number of hydrogen-bond donors (Lipinski definition) is 1. The quantitative estimate of drug-likeness (QED) is 0.444. The Labute approximate surface area is 116 Å². The van der Waals surface area contributed by atoms with E-state index in [0.29, 0.717) is 13.0 Å². The zero-order valence-corrected chi connectivity index (χ0v) is 12.4. The zero-order valence-electron chi connectivity index (χ0n) is 12.4. The van der Waals surface area contributed by atoms with Crippen LogP contribution in [-0.2, 0) is 9.59 Å². The fraction of sp³-hybridized carbons (Fsp3) is 0.857. The predicted octanol–water partition coefficient (Wildman–Crippen LogP) is 1.04. The van der Waals surface area contributed by atoms with E-state index in [-0.39, 0.29) is 23.5 Å². The zero-order chi connectivity index (χ0) is 14.4. The van der Waals surface area contributed by atoms with Crippen molar-refractivity contribution >= 4 is 11.7 Å². The maximum absolute atomic E-state index is 12.4. The topological polar surface area (TPSA) is 66.6 Å². The lowest BCUT2D eigenvalue weighted by Crippen LogP contribution is -2.47. The first-order chi connectivity index (χ1) is 8.91. The number of hydrazine groups is 1. The van der Waals surface area contributed by atoms with Crippen molar-refractivity contribution in [2.45, 2.75) is 39.0 Å². The first kappa shape index (κ1) is 16.1. The van der Waals surface area contributed by atoms with Gasteiger partial charge in [0.15, 0.2) is 0 Å². The van der Waals surface area contributed by atoms with E-state index < -0.39 is 0 Å². The number of ketones is 1. The number of rotatable bonds is 6. The molecule has 1 saturated carbocycles. The summed E-state index contributed by atoms with van der Waals surface area (Å²) in [6, 6.07) is 0. The lowest BCUT2D eigenvalue weighted by atomic mass is 9.76. The molecule has 0 aromatic carbocycles. The van der Waals surface area contributed by atoms with Crippen LogP contribution in [0.1, 0.15) is 39.0 Å². The summed E-state index contributed by atoms with van der Waals surface area (Å²) in [7, 11) is 3.91. The molecule has 2 N–H and O–H groups in total. The van der Waals surface area contributed by atoms with Gasteiger partial charge in [-0.2, -0.15) is 0 Å². The Morgan fingerprint density at radius 3 is 2.37 bits per heavy atom. The summed E-state index contributed by atoms with van der Waals surface area (Å²) in [5, 5.41) is 1.34. The van der Waals surface area contributed by atoms with Crippen molar-refractivity contribution in [1.29, 1.82) is 0 Å². The van der Waals surface area contributed by atoms with Crippen molar-refractivity contribution in [2.75, 3.05) is 27.2 Å². The van der Waals surface area contributed by atoms with Gasteiger partial charge in [-0.1, -0.05) is 12.8 Å². The molecule has 0 heterocycles. The first-order valence-corrected chi connectivity index (χ1v) is 7.12. The van der Waals surface area contributed by atoms with Crippen LogP contribution >= 0.6 is 0 Å². The second-order valence-electron chi connectivity index (χ2n) is 5.89. The minimum absolute atomic E-state index is 0.00722. The number of nitrogens with two attached hydrogens (primary N) is 1. The molecule has 1 aliphatic rings. The van der Waals surface area contributed by atoms with Crippen LogP contribution in [-0.4, -0.2) is 48.8 Å². The molecule has 0 unspecified atom stereocenters. The summed E-state index contributed by atoms with van der Waals surface area (Å²) in [5.41, 5.74) is 0. The molecule has 0 aromatic heterocycles. The molecule has 0 saturated heterocycles. The minimum atomic E-state index is -0.0650. The van der Waals surface area contributed by atoms with E-state index in [4.69, 9.17) is 5.84 Å². The van der Waals surface area contributed by atoms with Gasteiger partial charge in [0, 0.05) is 25.4 Å². The smallest absolute Gasteiger partial charge is 0.239 e. The fourth-order valence-electron chi connectivity index (χ4n) is 2.78. The predicted molar refractivity (Wildman–Crippen MR) is 75.2 cm³/mol. The number of carbonyl (C=O) groups excluding carboxylic acids is 2. The average molecular weight is 269 g/mol. The van der Waals surface area contributed by atoms with E-state index >= 15 is 0 Å². The molecule has 0 spiro atoms. The molecule has 5 heteroatoms. The van der Waals surface area contributed by atoms with Gasteiger partial charge in [0.25, 0.3) is 0 Å². The maximum Gasteiger partial charge on any atom is 0.239 e. The molecule has 0 bridgehead atoms. The third-order valence-electron chi connectivity index (χ3n) is 3.85. The van der Waals surface area contributed by atoms with Crippen molar-refractivity contribution in [3.8, 4) is 0 Å². The summed E-state index contributed by atoms with van der Waals surface area (Å²) in [6.45, 7) is 2.89. The molecule has 0 radical (unpaired) electrons. The standard InChI is InChI=1S/C14H27N3O2/c1-11(18)10-12-6-4-5-7-13(12)14(19)17(15)9-8-16(2)3/h12-13H,4-10,15H2,1-3H3/t12-,13-/m1/s1. The Morgan fingerprint density at radius 2 is 1.79 bits per heavy atom. The van der Waals surface area contributed by atoms with Crippen molar-refractivity contribution < 1.29 is 9.59 Å². The Kier molecular flexibility index (Phi) is 6.45. The highest BCUT2D eigenvalue weighted by molar-refractivity contribution is 5.81. The highest BCUT2D eigenvalue weighted by Gasteiger charge is 2.33.